The normalized spacial score (nSPS) is 11.8. The summed E-state index contributed by atoms with van der Waals surface area (Å²) in [4.78, 5) is 22.2. The molecule has 0 radical (unpaired) electrons. The van der Waals surface area contributed by atoms with E-state index in [1.165, 1.54) is 0 Å². The van der Waals surface area contributed by atoms with Crippen LogP contribution in [0.5, 0.6) is 5.75 Å². The molecule has 0 aliphatic rings. The van der Waals surface area contributed by atoms with Gasteiger partial charge < -0.3 is 14.5 Å². The Balaban J connectivity index is 1.38. The van der Waals surface area contributed by atoms with E-state index in [2.05, 4.69) is 29.4 Å². The summed E-state index contributed by atoms with van der Waals surface area (Å²) >= 11 is 0. The van der Waals surface area contributed by atoms with Gasteiger partial charge >= 0.3 is 0 Å². The third-order valence-electron chi connectivity index (χ3n) is 6.51. The first-order chi connectivity index (χ1) is 18.2. The van der Waals surface area contributed by atoms with Crippen molar-refractivity contribution in [1.29, 1.82) is 0 Å². The minimum atomic E-state index is -0.157. The quantitative estimate of drug-likeness (QED) is 0.281. The summed E-state index contributed by atoms with van der Waals surface area (Å²) in [5.74, 6) is 0.548. The van der Waals surface area contributed by atoms with Crippen LogP contribution in [-0.2, 0) is 17.8 Å². The highest BCUT2D eigenvalue weighted by atomic mass is 16.5. The minimum absolute atomic E-state index is 0.00406. The Morgan fingerprint density at radius 1 is 0.946 bits per heavy atom. The van der Waals surface area contributed by atoms with Crippen molar-refractivity contribution in [2.24, 2.45) is 0 Å². The van der Waals surface area contributed by atoms with Gasteiger partial charge in [-0.1, -0.05) is 60.7 Å². The molecule has 0 aliphatic heterocycles. The van der Waals surface area contributed by atoms with E-state index in [9.17, 15) is 4.79 Å². The highest BCUT2D eigenvalue weighted by molar-refractivity contribution is 5.77. The van der Waals surface area contributed by atoms with Gasteiger partial charge in [-0.3, -0.25) is 9.78 Å². The number of benzene rings is 2. The van der Waals surface area contributed by atoms with Crippen LogP contribution in [0.2, 0.25) is 0 Å². The van der Waals surface area contributed by atoms with Gasteiger partial charge in [0.1, 0.15) is 6.61 Å². The van der Waals surface area contributed by atoms with E-state index < -0.39 is 0 Å². The van der Waals surface area contributed by atoms with Gasteiger partial charge in [0.05, 0.1) is 5.69 Å². The van der Waals surface area contributed by atoms with Crippen molar-refractivity contribution in [2.45, 2.75) is 32.3 Å². The number of carbonyl (C=O) groups is 1. The van der Waals surface area contributed by atoms with Crippen LogP contribution >= 0.6 is 0 Å². The van der Waals surface area contributed by atoms with Crippen molar-refractivity contribution in [3.8, 4) is 5.75 Å². The molecule has 3 heterocycles. The third kappa shape index (κ3) is 5.86. The van der Waals surface area contributed by atoms with Gasteiger partial charge in [-0.15, -0.1) is 0 Å². The molecule has 3 aromatic heterocycles. The molecule has 6 nitrogen and oxygen atoms in total. The fourth-order valence-corrected chi connectivity index (χ4v) is 4.60. The molecule has 6 heteroatoms. The van der Waals surface area contributed by atoms with Crippen molar-refractivity contribution in [1.82, 2.24) is 19.7 Å². The van der Waals surface area contributed by atoms with E-state index in [4.69, 9.17) is 9.72 Å². The molecule has 0 spiro atoms. The standard InChI is InChI=1S/C31H30N4O2/c1-23-10-5-6-14-26(23)27(20-30(36)33-18-16-25-13-7-8-17-32-25)28-21-34-31-29(15-9-19-35(28)31)37-22-24-11-3-2-4-12-24/h2-15,17,19,21,27H,16,18,20,22H2,1H3,(H,33,36). The number of carbonyl (C=O) groups excluding carboxylic acids is 1. The van der Waals surface area contributed by atoms with E-state index in [0.717, 1.165) is 33.7 Å². The van der Waals surface area contributed by atoms with Crippen LogP contribution in [0, 0.1) is 6.92 Å². The topological polar surface area (TPSA) is 68.5 Å². The van der Waals surface area contributed by atoms with Gasteiger partial charge in [-0.05, 0) is 47.9 Å². The average molecular weight is 491 g/mol. The van der Waals surface area contributed by atoms with Crippen LogP contribution in [-0.4, -0.2) is 26.8 Å². The predicted molar refractivity (Wildman–Crippen MR) is 145 cm³/mol. The van der Waals surface area contributed by atoms with E-state index in [0.29, 0.717) is 31.7 Å². The molecule has 37 heavy (non-hydrogen) atoms. The Bertz CT molecular complexity index is 1460. The lowest BCUT2D eigenvalue weighted by Crippen LogP contribution is -2.28. The smallest absolute Gasteiger partial charge is 0.221 e. The number of pyridine rings is 2. The van der Waals surface area contributed by atoms with Gasteiger partial charge in [0.25, 0.3) is 0 Å². The number of nitrogens with one attached hydrogen (secondary N) is 1. The largest absolute Gasteiger partial charge is 0.485 e. The summed E-state index contributed by atoms with van der Waals surface area (Å²) in [7, 11) is 0. The third-order valence-corrected chi connectivity index (χ3v) is 6.51. The Morgan fingerprint density at radius 2 is 1.76 bits per heavy atom. The zero-order valence-corrected chi connectivity index (χ0v) is 20.9. The van der Waals surface area contributed by atoms with Gasteiger partial charge in [-0.25, -0.2) is 4.98 Å². The summed E-state index contributed by atoms with van der Waals surface area (Å²) in [6.07, 6.45) is 6.63. The maximum Gasteiger partial charge on any atom is 0.221 e. The number of ether oxygens (including phenoxy) is 1. The number of hydrogen-bond donors (Lipinski definition) is 1. The predicted octanol–water partition coefficient (Wildman–Crippen LogP) is 5.50. The second-order valence-corrected chi connectivity index (χ2v) is 9.06. The van der Waals surface area contributed by atoms with Crippen LogP contribution in [0.15, 0.2) is 104 Å². The van der Waals surface area contributed by atoms with E-state index in [-0.39, 0.29) is 11.8 Å². The molecule has 1 amide bonds. The summed E-state index contributed by atoms with van der Waals surface area (Å²) in [6.45, 7) is 3.09. The number of rotatable bonds is 10. The number of amides is 1. The SMILES string of the molecule is Cc1ccccc1C(CC(=O)NCCc1ccccn1)c1cnc2c(OCc3ccccc3)cccn12. The fraction of sp³-hybridized carbons (Fsp3) is 0.194. The molecule has 2 aromatic carbocycles. The molecule has 186 valence electrons. The van der Waals surface area contributed by atoms with Crippen LogP contribution < -0.4 is 10.1 Å². The van der Waals surface area contributed by atoms with Crippen molar-refractivity contribution in [3.63, 3.8) is 0 Å². The highest BCUT2D eigenvalue weighted by Crippen LogP contribution is 2.32. The summed E-state index contributed by atoms with van der Waals surface area (Å²) in [6, 6.07) is 28.0. The molecule has 1 unspecified atom stereocenters. The number of nitrogens with zero attached hydrogens (tertiary/aromatic N) is 3. The van der Waals surface area contributed by atoms with Crippen LogP contribution in [0.4, 0.5) is 0 Å². The van der Waals surface area contributed by atoms with Crippen molar-refractivity contribution < 1.29 is 9.53 Å². The van der Waals surface area contributed by atoms with Gasteiger partial charge in [0, 0.05) is 49.6 Å². The second kappa shape index (κ2) is 11.5. The van der Waals surface area contributed by atoms with Gasteiger partial charge in [-0.2, -0.15) is 0 Å². The molecule has 5 rings (SSSR count). The van der Waals surface area contributed by atoms with Gasteiger partial charge in [0.2, 0.25) is 5.91 Å². The molecule has 0 saturated heterocycles. The average Bonchev–Trinajstić information content (AvgIpc) is 3.37. The van der Waals surface area contributed by atoms with Crippen molar-refractivity contribution >= 4 is 11.6 Å². The minimum Gasteiger partial charge on any atom is -0.485 e. The Labute approximate surface area is 217 Å². The lowest BCUT2D eigenvalue weighted by atomic mass is 9.89. The number of hydrogen-bond acceptors (Lipinski definition) is 4. The number of aryl methyl sites for hydroxylation is 1. The first-order valence-corrected chi connectivity index (χ1v) is 12.5. The summed E-state index contributed by atoms with van der Waals surface area (Å²) < 4.78 is 8.18. The molecular formula is C31H30N4O2. The second-order valence-electron chi connectivity index (χ2n) is 9.06. The van der Waals surface area contributed by atoms with Crippen molar-refractivity contribution in [2.75, 3.05) is 6.54 Å². The summed E-state index contributed by atoms with van der Waals surface area (Å²) in [5, 5.41) is 3.08. The van der Waals surface area contributed by atoms with Crippen LogP contribution in [0.3, 0.4) is 0 Å². The summed E-state index contributed by atoms with van der Waals surface area (Å²) in [5.41, 5.74) is 6.00. The maximum absolute atomic E-state index is 13.1. The van der Waals surface area contributed by atoms with Crippen molar-refractivity contribution in [3.05, 3.63) is 132 Å². The lowest BCUT2D eigenvalue weighted by molar-refractivity contribution is -0.121. The zero-order chi connectivity index (χ0) is 25.5. The van der Waals surface area contributed by atoms with Gasteiger partial charge in [0.15, 0.2) is 11.4 Å². The van der Waals surface area contributed by atoms with E-state index in [1.54, 1.807) is 6.20 Å². The molecule has 0 saturated carbocycles. The highest BCUT2D eigenvalue weighted by Gasteiger charge is 2.24. The zero-order valence-electron chi connectivity index (χ0n) is 20.9. The fourth-order valence-electron chi connectivity index (χ4n) is 4.60. The monoisotopic (exact) mass is 490 g/mol. The lowest BCUT2D eigenvalue weighted by Gasteiger charge is -2.19. The molecule has 1 N–H and O–H groups in total. The molecule has 0 aliphatic carbocycles. The number of aromatic nitrogens is 3. The Kier molecular flexibility index (Phi) is 7.55. The molecule has 0 bridgehead atoms. The number of imidazole rings is 1. The molecular weight excluding hydrogens is 460 g/mol. The van der Waals surface area contributed by atoms with Crippen LogP contribution in [0.1, 0.15) is 40.4 Å². The molecule has 0 fully saturated rings. The first kappa shape index (κ1) is 24.3. The first-order valence-electron chi connectivity index (χ1n) is 12.5. The Morgan fingerprint density at radius 3 is 2.57 bits per heavy atom. The van der Waals surface area contributed by atoms with E-state index in [1.807, 2.05) is 89.6 Å². The maximum atomic E-state index is 13.1. The molecule has 5 aromatic rings. The number of fused-ring (bicyclic) bond motifs is 1. The van der Waals surface area contributed by atoms with E-state index >= 15 is 0 Å². The molecule has 1 atom stereocenters. The Hall–Kier alpha value is -4.45. The van der Waals surface area contributed by atoms with Crippen LogP contribution in [0.25, 0.3) is 5.65 Å².